The van der Waals surface area contributed by atoms with Crippen LogP contribution in [0.5, 0.6) is 0 Å². The summed E-state index contributed by atoms with van der Waals surface area (Å²) in [5.41, 5.74) is 0.942. The second-order valence-corrected chi connectivity index (χ2v) is 10.4. The van der Waals surface area contributed by atoms with Crippen molar-refractivity contribution in [1.29, 1.82) is 0 Å². The lowest BCUT2D eigenvalue weighted by Gasteiger charge is -2.19. The Bertz CT molecular complexity index is 781. The van der Waals surface area contributed by atoms with E-state index in [-0.39, 0.29) is 11.2 Å². The maximum atomic E-state index is 13.4. The van der Waals surface area contributed by atoms with Crippen molar-refractivity contribution in [1.82, 2.24) is 4.98 Å². The third-order valence-corrected chi connectivity index (χ3v) is 7.84. The standard InChI is InChI=1S/C26H40N2OS2/c1-4-6-8-10-11-12-14-24(31-19-13-9-7-5-2)26(29)28-25-22-17-18-27-20-21(22)15-16-23(25)30-3/h15-18,20,24H,4-14,19H2,1-3H3,(H,28,29). The molecule has 31 heavy (non-hydrogen) atoms. The van der Waals surface area contributed by atoms with Crippen molar-refractivity contribution in [3.63, 3.8) is 0 Å². The Hall–Kier alpha value is -1.20. The Morgan fingerprint density at radius 1 is 0.968 bits per heavy atom. The van der Waals surface area contributed by atoms with Crippen molar-refractivity contribution in [2.75, 3.05) is 17.3 Å². The minimum Gasteiger partial charge on any atom is -0.324 e. The molecule has 0 aliphatic heterocycles. The number of nitrogens with one attached hydrogen (secondary N) is 1. The predicted octanol–water partition coefficient (Wildman–Crippen LogP) is 8.33. The van der Waals surface area contributed by atoms with Crippen LogP contribution in [0.15, 0.2) is 35.5 Å². The van der Waals surface area contributed by atoms with Crippen LogP contribution in [0.2, 0.25) is 0 Å². The topological polar surface area (TPSA) is 42.0 Å². The van der Waals surface area contributed by atoms with E-state index in [0.29, 0.717) is 0 Å². The molecule has 1 N–H and O–H groups in total. The molecular formula is C26H40N2OS2. The molecule has 1 aromatic carbocycles. The van der Waals surface area contributed by atoms with Crippen LogP contribution in [-0.4, -0.2) is 28.1 Å². The number of pyridine rings is 1. The molecule has 1 unspecified atom stereocenters. The molecular weight excluding hydrogens is 420 g/mol. The molecule has 1 heterocycles. The number of aromatic nitrogens is 1. The van der Waals surface area contributed by atoms with Crippen LogP contribution in [-0.2, 0) is 4.79 Å². The van der Waals surface area contributed by atoms with Gasteiger partial charge in [0.05, 0.1) is 10.9 Å². The number of anilines is 1. The van der Waals surface area contributed by atoms with Crippen molar-refractivity contribution >= 4 is 45.9 Å². The SMILES string of the molecule is CCCCCCCCC(SCCCCCC)C(=O)Nc1c(SC)ccc2cnccc12. The molecule has 0 aliphatic carbocycles. The fourth-order valence-corrected chi connectivity index (χ4v) is 5.57. The number of fused-ring (bicyclic) bond motifs is 1. The first-order valence-electron chi connectivity index (χ1n) is 12.0. The minimum absolute atomic E-state index is 0.0274. The van der Waals surface area contributed by atoms with Gasteiger partial charge in [-0.05, 0) is 37.0 Å². The van der Waals surface area contributed by atoms with Gasteiger partial charge in [0.1, 0.15) is 0 Å². The molecule has 2 aromatic rings. The number of carbonyl (C=O) groups excluding carboxylic acids is 1. The van der Waals surface area contributed by atoms with Crippen molar-refractivity contribution in [3.8, 4) is 0 Å². The quantitative estimate of drug-likeness (QED) is 0.202. The maximum absolute atomic E-state index is 13.4. The molecule has 1 amide bonds. The highest BCUT2D eigenvalue weighted by atomic mass is 32.2. The van der Waals surface area contributed by atoms with Gasteiger partial charge in [0.15, 0.2) is 0 Å². The van der Waals surface area contributed by atoms with E-state index in [0.717, 1.165) is 39.9 Å². The number of thioether (sulfide) groups is 2. The van der Waals surface area contributed by atoms with Gasteiger partial charge in [-0.2, -0.15) is 0 Å². The van der Waals surface area contributed by atoms with Crippen LogP contribution in [0.3, 0.4) is 0 Å². The van der Waals surface area contributed by atoms with Crippen LogP contribution in [0.4, 0.5) is 5.69 Å². The molecule has 0 radical (unpaired) electrons. The number of hydrogen-bond donors (Lipinski definition) is 1. The molecule has 0 saturated carbocycles. The normalized spacial score (nSPS) is 12.2. The van der Waals surface area contributed by atoms with E-state index in [2.05, 4.69) is 42.5 Å². The van der Waals surface area contributed by atoms with Crippen molar-refractivity contribution in [3.05, 3.63) is 30.6 Å². The highest BCUT2D eigenvalue weighted by Crippen LogP contribution is 2.34. The molecule has 0 spiro atoms. The number of benzene rings is 1. The monoisotopic (exact) mass is 460 g/mol. The summed E-state index contributed by atoms with van der Waals surface area (Å²) in [6.07, 6.45) is 19.3. The van der Waals surface area contributed by atoms with Crippen molar-refractivity contribution in [2.45, 2.75) is 94.6 Å². The summed E-state index contributed by atoms with van der Waals surface area (Å²) < 4.78 is 0. The van der Waals surface area contributed by atoms with Crippen LogP contribution in [0.1, 0.15) is 84.5 Å². The molecule has 0 saturated heterocycles. The predicted molar refractivity (Wildman–Crippen MR) is 141 cm³/mol. The second kappa shape index (κ2) is 15.6. The molecule has 5 heteroatoms. The highest BCUT2D eigenvalue weighted by Gasteiger charge is 2.20. The first-order chi connectivity index (χ1) is 15.2. The highest BCUT2D eigenvalue weighted by molar-refractivity contribution is 8.00. The number of unbranched alkanes of at least 4 members (excludes halogenated alkanes) is 8. The zero-order valence-corrected chi connectivity index (χ0v) is 21.3. The summed E-state index contributed by atoms with van der Waals surface area (Å²) in [5.74, 6) is 1.23. The van der Waals surface area contributed by atoms with E-state index in [9.17, 15) is 4.79 Å². The average Bonchev–Trinajstić information content (AvgIpc) is 2.79. The Kier molecular flexibility index (Phi) is 13.1. The Labute approximate surface area is 197 Å². The number of rotatable bonds is 16. The summed E-state index contributed by atoms with van der Waals surface area (Å²) in [5, 5.41) is 5.47. The van der Waals surface area contributed by atoms with Gasteiger partial charge in [-0.15, -0.1) is 23.5 Å². The van der Waals surface area contributed by atoms with Gasteiger partial charge in [-0.25, -0.2) is 0 Å². The van der Waals surface area contributed by atoms with Crippen molar-refractivity contribution in [2.24, 2.45) is 0 Å². The van der Waals surface area contributed by atoms with E-state index in [1.165, 1.54) is 57.8 Å². The zero-order chi connectivity index (χ0) is 22.3. The van der Waals surface area contributed by atoms with Crippen LogP contribution >= 0.6 is 23.5 Å². The molecule has 0 bridgehead atoms. The number of hydrogen-bond acceptors (Lipinski definition) is 4. The van der Waals surface area contributed by atoms with Crippen LogP contribution in [0.25, 0.3) is 10.8 Å². The van der Waals surface area contributed by atoms with Gasteiger partial charge in [0.25, 0.3) is 0 Å². The third kappa shape index (κ3) is 9.05. The first kappa shape index (κ1) is 26.1. The third-order valence-electron chi connectivity index (χ3n) is 5.68. The first-order valence-corrected chi connectivity index (χ1v) is 14.3. The van der Waals surface area contributed by atoms with E-state index < -0.39 is 0 Å². The van der Waals surface area contributed by atoms with Gasteiger partial charge in [0, 0.05) is 28.1 Å². The number of carbonyl (C=O) groups is 1. The number of amides is 1. The van der Waals surface area contributed by atoms with E-state index in [1.54, 1.807) is 18.0 Å². The Morgan fingerprint density at radius 2 is 1.68 bits per heavy atom. The van der Waals surface area contributed by atoms with E-state index in [4.69, 9.17) is 0 Å². The summed E-state index contributed by atoms with van der Waals surface area (Å²) in [4.78, 5) is 18.7. The Balaban J connectivity index is 2.04. The minimum atomic E-state index is 0.0274. The molecule has 0 aliphatic rings. The van der Waals surface area contributed by atoms with Crippen LogP contribution in [0, 0.1) is 0 Å². The molecule has 3 nitrogen and oxygen atoms in total. The summed E-state index contributed by atoms with van der Waals surface area (Å²) >= 11 is 3.53. The summed E-state index contributed by atoms with van der Waals surface area (Å²) in [6.45, 7) is 4.49. The average molecular weight is 461 g/mol. The van der Waals surface area contributed by atoms with E-state index in [1.807, 2.05) is 24.0 Å². The largest absolute Gasteiger partial charge is 0.324 e. The lowest BCUT2D eigenvalue weighted by atomic mass is 10.1. The lowest BCUT2D eigenvalue weighted by molar-refractivity contribution is -0.115. The summed E-state index contributed by atoms with van der Waals surface area (Å²) in [7, 11) is 0. The Morgan fingerprint density at radius 3 is 2.42 bits per heavy atom. The molecule has 0 fully saturated rings. The molecule has 2 rings (SSSR count). The molecule has 172 valence electrons. The van der Waals surface area contributed by atoms with Gasteiger partial charge in [0.2, 0.25) is 5.91 Å². The van der Waals surface area contributed by atoms with Gasteiger partial charge in [-0.1, -0.05) is 77.7 Å². The van der Waals surface area contributed by atoms with Crippen molar-refractivity contribution < 1.29 is 4.79 Å². The van der Waals surface area contributed by atoms with Gasteiger partial charge in [-0.3, -0.25) is 9.78 Å². The number of nitrogens with zero attached hydrogens (tertiary/aromatic N) is 1. The van der Waals surface area contributed by atoms with E-state index >= 15 is 0 Å². The van der Waals surface area contributed by atoms with Gasteiger partial charge >= 0.3 is 0 Å². The fraction of sp³-hybridized carbons (Fsp3) is 0.615. The molecule has 1 aromatic heterocycles. The molecule has 1 atom stereocenters. The van der Waals surface area contributed by atoms with Gasteiger partial charge < -0.3 is 5.32 Å². The summed E-state index contributed by atoms with van der Waals surface area (Å²) in [6, 6.07) is 6.18. The lowest BCUT2D eigenvalue weighted by Crippen LogP contribution is -2.26. The smallest absolute Gasteiger partial charge is 0.237 e. The zero-order valence-electron chi connectivity index (χ0n) is 19.6. The van der Waals surface area contributed by atoms with Crippen LogP contribution < -0.4 is 5.32 Å². The maximum Gasteiger partial charge on any atom is 0.237 e. The second-order valence-electron chi connectivity index (χ2n) is 8.21. The fourth-order valence-electron chi connectivity index (χ4n) is 3.81.